The van der Waals surface area contributed by atoms with E-state index in [2.05, 4.69) is 0 Å². The van der Waals surface area contributed by atoms with E-state index in [0.29, 0.717) is 11.3 Å². The average Bonchev–Trinajstić information content (AvgIpc) is 2.33. The van der Waals surface area contributed by atoms with E-state index in [0.717, 1.165) is 12.1 Å². The maximum Gasteiger partial charge on any atom is 0.324 e. The summed E-state index contributed by atoms with van der Waals surface area (Å²) in [6.45, 7) is 0. The smallest absolute Gasteiger partial charge is 0.324 e. The van der Waals surface area contributed by atoms with Crippen LogP contribution in [0.4, 0.5) is 5.00 Å². The molecule has 0 aromatic carbocycles. The molecule has 1 heterocycles. The van der Waals surface area contributed by atoms with Crippen LogP contribution in [0.25, 0.3) is 0 Å². The van der Waals surface area contributed by atoms with Gasteiger partial charge in [-0.2, -0.15) is 0 Å². The molecular formula is C5H2NO4S-. The van der Waals surface area contributed by atoms with Crippen molar-refractivity contribution in [3.63, 3.8) is 0 Å². The molecule has 0 radical (unpaired) electrons. The van der Waals surface area contributed by atoms with Gasteiger partial charge in [-0.3, -0.25) is 10.1 Å². The fraction of sp³-hybridized carbons (Fsp3) is 0. The Hall–Kier alpha value is -1.43. The molecule has 5 nitrogen and oxygen atoms in total. The molecule has 0 fully saturated rings. The molecule has 0 aliphatic rings. The van der Waals surface area contributed by atoms with E-state index in [1.165, 1.54) is 0 Å². The standard InChI is InChI=1S/C5H3NO4S/c7-5(8)3-1-2-4(11-3)6(9)10/h1-2H,(H,7,8)/p-1. The Morgan fingerprint density at radius 3 is 2.45 bits per heavy atom. The van der Waals surface area contributed by atoms with Crippen LogP contribution in [-0.2, 0) is 0 Å². The number of aromatic carboxylic acids is 1. The predicted molar refractivity (Wildman–Crippen MR) is 35.3 cm³/mol. The van der Waals surface area contributed by atoms with Crippen LogP contribution in [0, 0.1) is 10.1 Å². The summed E-state index contributed by atoms with van der Waals surface area (Å²) in [5, 5.41) is 20.0. The molecule has 0 aliphatic heterocycles. The van der Waals surface area contributed by atoms with E-state index in [9.17, 15) is 20.0 Å². The highest BCUT2D eigenvalue weighted by atomic mass is 32.1. The second-order valence-electron chi connectivity index (χ2n) is 1.68. The summed E-state index contributed by atoms with van der Waals surface area (Å²) in [7, 11) is 0. The zero-order valence-electron chi connectivity index (χ0n) is 5.14. The Balaban J connectivity index is 2.99. The number of carboxylic acid groups (broad SMARTS) is 1. The van der Waals surface area contributed by atoms with Gasteiger partial charge in [0.2, 0.25) is 0 Å². The molecule has 0 atom stereocenters. The van der Waals surface area contributed by atoms with Crippen LogP contribution < -0.4 is 5.11 Å². The van der Waals surface area contributed by atoms with Crippen molar-refractivity contribution < 1.29 is 14.8 Å². The van der Waals surface area contributed by atoms with Crippen molar-refractivity contribution in [2.45, 2.75) is 0 Å². The molecule has 0 spiro atoms. The monoisotopic (exact) mass is 172 g/mol. The van der Waals surface area contributed by atoms with Crippen molar-refractivity contribution in [2.24, 2.45) is 0 Å². The Bertz CT molecular complexity index is 277. The lowest BCUT2D eigenvalue weighted by molar-refractivity contribution is -0.380. The van der Waals surface area contributed by atoms with Crippen LogP contribution in [-0.4, -0.2) is 10.9 Å². The predicted octanol–water partition coefficient (Wildman–Crippen LogP) is 0.0198. The third-order valence-corrected chi connectivity index (χ3v) is 1.99. The van der Waals surface area contributed by atoms with Gasteiger partial charge in [-0.25, -0.2) is 0 Å². The molecule has 1 rings (SSSR count). The molecular weight excluding hydrogens is 170 g/mol. The molecule has 0 bridgehead atoms. The number of carboxylic acids is 1. The fourth-order valence-corrected chi connectivity index (χ4v) is 1.19. The maximum atomic E-state index is 10.1. The van der Waals surface area contributed by atoms with Crippen molar-refractivity contribution in [3.8, 4) is 0 Å². The van der Waals surface area contributed by atoms with Gasteiger partial charge >= 0.3 is 5.00 Å². The second-order valence-corrected chi connectivity index (χ2v) is 2.74. The van der Waals surface area contributed by atoms with Crippen molar-refractivity contribution >= 4 is 22.3 Å². The zero-order chi connectivity index (χ0) is 8.43. The molecule has 58 valence electrons. The Morgan fingerprint density at radius 2 is 2.18 bits per heavy atom. The summed E-state index contributed by atoms with van der Waals surface area (Å²) < 4.78 is 0. The molecule has 0 unspecified atom stereocenters. The fourth-order valence-electron chi connectivity index (χ4n) is 0.536. The lowest BCUT2D eigenvalue weighted by Gasteiger charge is -1.91. The summed E-state index contributed by atoms with van der Waals surface area (Å²) in [6, 6.07) is 2.29. The Morgan fingerprint density at radius 1 is 1.55 bits per heavy atom. The largest absolute Gasteiger partial charge is 0.544 e. The van der Waals surface area contributed by atoms with E-state index < -0.39 is 10.9 Å². The van der Waals surface area contributed by atoms with Gasteiger partial charge in [0.25, 0.3) is 0 Å². The van der Waals surface area contributed by atoms with Gasteiger partial charge in [0.05, 0.1) is 15.8 Å². The third-order valence-electron chi connectivity index (χ3n) is 0.973. The summed E-state index contributed by atoms with van der Waals surface area (Å²) in [5.74, 6) is -1.39. The van der Waals surface area contributed by atoms with Gasteiger partial charge in [-0.05, 0) is 6.07 Å². The number of nitro groups is 1. The highest BCUT2D eigenvalue weighted by molar-refractivity contribution is 7.17. The van der Waals surface area contributed by atoms with E-state index in [-0.39, 0.29) is 9.88 Å². The van der Waals surface area contributed by atoms with Crippen LogP contribution >= 0.6 is 11.3 Å². The number of hydrogen-bond acceptors (Lipinski definition) is 5. The minimum absolute atomic E-state index is 0.128. The lowest BCUT2D eigenvalue weighted by atomic mass is 10.5. The van der Waals surface area contributed by atoms with Crippen molar-refractivity contribution in [1.82, 2.24) is 0 Å². The summed E-state index contributed by atoms with van der Waals surface area (Å²) in [5.41, 5.74) is 0. The molecule has 11 heavy (non-hydrogen) atoms. The number of carbonyl (C=O) groups is 1. The van der Waals surface area contributed by atoms with Crippen LogP contribution in [0.5, 0.6) is 0 Å². The van der Waals surface area contributed by atoms with Gasteiger partial charge in [0.1, 0.15) is 0 Å². The lowest BCUT2D eigenvalue weighted by Crippen LogP contribution is -2.20. The SMILES string of the molecule is O=C([O-])c1ccc([N+](=O)[O-])s1. The Kier molecular flexibility index (Phi) is 1.86. The number of thiophene rings is 1. The summed E-state index contributed by atoms with van der Waals surface area (Å²) in [6.07, 6.45) is 0. The normalized spacial score (nSPS) is 9.45. The highest BCUT2D eigenvalue weighted by Gasteiger charge is 2.09. The van der Waals surface area contributed by atoms with Gasteiger partial charge in [0, 0.05) is 6.07 Å². The Labute approximate surface area is 65.0 Å². The van der Waals surface area contributed by atoms with Gasteiger partial charge in [0.15, 0.2) is 0 Å². The van der Waals surface area contributed by atoms with Gasteiger partial charge in [-0.1, -0.05) is 11.3 Å². The van der Waals surface area contributed by atoms with Crippen LogP contribution in [0.15, 0.2) is 12.1 Å². The molecule has 0 aliphatic carbocycles. The van der Waals surface area contributed by atoms with Crippen LogP contribution in [0.3, 0.4) is 0 Å². The first kappa shape index (κ1) is 7.67. The highest BCUT2D eigenvalue weighted by Crippen LogP contribution is 2.22. The van der Waals surface area contributed by atoms with Crippen molar-refractivity contribution in [2.75, 3.05) is 0 Å². The first-order valence-electron chi connectivity index (χ1n) is 2.57. The molecule has 0 saturated heterocycles. The van der Waals surface area contributed by atoms with E-state index in [1.807, 2.05) is 0 Å². The second kappa shape index (κ2) is 2.67. The van der Waals surface area contributed by atoms with Crippen LogP contribution in [0.2, 0.25) is 0 Å². The first-order chi connectivity index (χ1) is 5.11. The molecule has 1 aromatic heterocycles. The van der Waals surface area contributed by atoms with E-state index in [4.69, 9.17) is 0 Å². The van der Waals surface area contributed by atoms with E-state index >= 15 is 0 Å². The topological polar surface area (TPSA) is 83.3 Å². The van der Waals surface area contributed by atoms with Gasteiger partial charge < -0.3 is 9.90 Å². The maximum absolute atomic E-state index is 10.1. The van der Waals surface area contributed by atoms with E-state index in [1.54, 1.807) is 0 Å². The first-order valence-corrected chi connectivity index (χ1v) is 3.38. The average molecular weight is 172 g/mol. The molecule has 0 amide bonds. The molecule has 0 saturated carbocycles. The number of rotatable bonds is 2. The van der Waals surface area contributed by atoms with Crippen LogP contribution in [0.1, 0.15) is 9.67 Å². The van der Waals surface area contributed by atoms with Crippen molar-refractivity contribution in [3.05, 3.63) is 27.1 Å². The van der Waals surface area contributed by atoms with Gasteiger partial charge in [-0.15, -0.1) is 0 Å². The number of carbonyl (C=O) groups excluding carboxylic acids is 1. The summed E-state index contributed by atoms with van der Waals surface area (Å²) in [4.78, 5) is 19.4. The minimum Gasteiger partial charge on any atom is -0.544 e. The van der Waals surface area contributed by atoms with Crippen molar-refractivity contribution in [1.29, 1.82) is 0 Å². The molecule has 6 heteroatoms. The molecule has 0 N–H and O–H groups in total. The zero-order valence-corrected chi connectivity index (χ0v) is 5.96. The minimum atomic E-state index is -1.39. The summed E-state index contributed by atoms with van der Waals surface area (Å²) >= 11 is 0.588. The third kappa shape index (κ3) is 1.53. The number of hydrogen-bond donors (Lipinski definition) is 0. The molecule has 1 aromatic rings. The quantitative estimate of drug-likeness (QED) is 0.465. The number of nitrogens with zero attached hydrogens (tertiary/aromatic N) is 1.